The van der Waals surface area contributed by atoms with E-state index in [2.05, 4.69) is 26.4 Å². The Morgan fingerprint density at radius 3 is 2.91 bits per heavy atom. The Kier molecular flexibility index (Phi) is 3.94. The summed E-state index contributed by atoms with van der Waals surface area (Å²) in [5.41, 5.74) is 6.52. The van der Waals surface area contributed by atoms with E-state index < -0.39 is 17.4 Å². The summed E-state index contributed by atoms with van der Waals surface area (Å²) in [5.74, 6) is -2.09. The van der Waals surface area contributed by atoms with Gasteiger partial charge in [-0.25, -0.2) is 19.6 Å². The van der Waals surface area contributed by atoms with E-state index in [4.69, 9.17) is 0 Å². The molecule has 0 aromatic heterocycles. The first-order chi connectivity index (χ1) is 11.1. The number of halogens is 2. The molecule has 6 nitrogen and oxygen atoms in total. The van der Waals surface area contributed by atoms with E-state index in [9.17, 15) is 13.9 Å². The smallest absolute Gasteiger partial charge is 0.168 e. The van der Waals surface area contributed by atoms with Crippen molar-refractivity contribution >= 4 is 0 Å². The molecule has 0 bridgehead atoms. The highest BCUT2D eigenvalue weighted by Gasteiger charge is 2.42. The summed E-state index contributed by atoms with van der Waals surface area (Å²) in [6.07, 6.45) is 0.749. The zero-order chi connectivity index (χ0) is 16.0. The lowest BCUT2D eigenvalue weighted by Crippen LogP contribution is -2.74. The van der Waals surface area contributed by atoms with Gasteiger partial charge in [-0.2, -0.15) is 0 Å². The molecule has 3 fully saturated rings. The Hall–Kier alpha value is -1.32. The molecule has 3 heterocycles. The summed E-state index contributed by atoms with van der Waals surface area (Å²) in [4.78, 5) is 2.45. The molecule has 0 saturated carbocycles. The number of piperazine rings is 2. The Bertz CT molecular complexity index is 601. The quantitative estimate of drug-likeness (QED) is 0.492. The molecular weight excluding hydrogens is 304 g/mol. The number of phenols is 1. The number of aromatic hydroxyl groups is 1. The average molecular weight is 325 g/mol. The van der Waals surface area contributed by atoms with E-state index in [0.717, 1.165) is 26.2 Å². The van der Waals surface area contributed by atoms with Crippen molar-refractivity contribution in [3.8, 4) is 5.75 Å². The minimum Gasteiger partial charge on any atom is -0.505 e. The van der Waals surface area contributed by atoms with E-state index in [1.807, 2.05) is 0 Å². The molecule has 0 spiro atoms. The number of phenolic OH excluding ortho intramolecular Hbond substituents is 1. The van der Waals surface area contributed by atoms with Gasteiger partial charge >= 0.3 is 0 Å². The normalized spacial score (nSPS) is 34.7. The summed E-state index contributed by atoms with van der Waals surface area (Å²) in [5, 5.41) is 16.8. The number of hydrazine groups is 1. The molecule has 3 aliphatic heterocycles. The van der Waals surface area contributed by atoms with Crippen molar-refractivity contribution < 1.29 is 13.9 Å². The fourth-order valence-electron chi connectivity index (χ4n) is 3.96. The third kappa shape index (κ3) is 2.70. The van der Waals surface area contributed by atoms with Crippen LogP contribution in [-0.2, 0) is 0 Å². The van der Waals surface area contributed by atoms with Crippen molar-refractivity contribution in [2.75, 3.05) is 26.2 Å². The number of benzene rings is 1. The van der Waals surface area contributed by atoms with Crippen LogP contribution in [0.1, 0.15) is 18.0 Å². The molecule has 3 aliphatic rings. The third-order valence-corrected chi connectivity index (χ3v) is 5.10. The lowest BCUT2D eigenvalue weighted by molar-refractivity contribution is -0.00153. The Morgan fingerprint density at radius 2 is 2.04 bits per heavy atom. The molecule has 1 aromatic carbocycles. The number of rotatable bonds is 1. The second-order valence-corrected chi connectivity index (χ2v) is 6.45. The van der Waals surface area contributed by atoms with Crippen LogP contribution < -0.4 is 21.5 Å². The van der Waals surface area contributed by atoms with Gasteiger partial charge in [0, 0.05) is 49.9 Å². The second-order valence-electron chi connectivity index (χ2n) is 6.45. The predicted molar refractivity (Wildman–Crippen MR) is 80.6 cm³/mol. The van der Waals surface area contributed by atoms with Crippen molar-refractivity contribution in [1.82, 2.24) is 26.4 Å². The van der Waals surface area contributed by atoms with E-state index >= 15 is 0 Å². The zero-order valence-electron chi connectivity index (χ0n) is 12.6. The van der Waals surface area contributed by atoms with Gasteiger partial charge in [-0.05, 0) is 12.5 Å². The first-order valence-corrected chi connectivity index (χ1v) is 8.02. The number of nitrogens with zero attached hydrogens (tertiary/aromatic N) is 1. The summed E-state index contributed by atoms with van der Waals surface area (Å²) in [6.45, 7) is 3.73. The fourth-order valence-corrected chi connectivity index (χ4v) is 3.96. The fraction of sp³-hybridized carbons (Fsp3) is 0.600. The van der Waals surface area contributed by atoms with Crippen LogP contribution in [0.15, 0.2) is 12.1 Å². The SMILES string of the molecule is Oc1c(F)cc(F)cc1C1CC2C(NC[C@@H]3CNCCN23)NN1. The maximum Gasteiger partial charge on any atom is 0.168 e. The summed E-state index contributed by atoms with van der Waals surface area (Å²) in [6, 6.07) is 2.17. The van der Waals surface area contributed by atoms with Crippen LogP contribution in [0.4, 0.5) is 8.78 Å². The van der Waals surface area contributed by atoms with E-state index in [1.54, 1.807) is 0 Å². The maximum absolute atomic E-state index is 13.6. The van der Waals surface area contributed by atoms with Gasteiger partial charge in [-0.15, -0.1) is 0 Å². The minimum atomic E-state index is -0.925. The van der Waals surface area contributed by atoms with Crippen LogP contribution in [0.2, 0.25) is 0 Å². The molecular formula is C15H21F2N5O. The first-order valence-electron chi connectivity index (χ1n) is 8.02. The summed E-state index contributed by atoms with van der Waals surface area (Å²) < 4.78 is 27.2. The van der Waals surface area contributed by atoms with Crippen molar-refractivity contribution in [1.29, 1.82) is 0 Å². The molecule has 23 heavy (non-hydrogen) atoms. The van der Waals surface area contributed by atoms with Crippen molar-refractivity contribution in [3.05, 3.63) is 29.3 Å². The van der Waals surface area contributed by atoms with Gasteiger partial charge in [-0.1, -0.05) is 0 Å². The van der Waals surface area contributed by atoms with Gasteiger partial charge in [-0.3, -0.25) is 10.2 Å². The van der Waals surface area contributed by atoms with E-state index in [-0.39, 0.29) is 23.8 Å². The molecule has 0 radical (unpaired) electrons. The zero-order valence-corrected chi connectivity index (χ0v) is 12.6. The van der Waals surface area contributed by atoms with Crippen LogP contribution in [0.5, 0.6) is 5.75 Å². The number of nitrogens with one attached hydrogen (secondary N) is 4. The Balaban J connectivity index is 1.59. The molecule has 5 N–H and O–H groups in total. The minimum absolute atomic E-state index is 0.0844. The lowest BCUT2D eigenvalue weighted by atomic mass is 9.91. The maximum atomic E-state index is 13.6. The molecule has 3 unspecified atom stereocenters. The molecule has 3 saturated heterocycles. The highest BCUT2D eigenvalue weighted by Crippen LogP contribution is 2.34. The van der Waals surface area contributed by atoms with Crippen molar-refractivity contribution in [3.63, 3.8) is 0 Å². The van der Waals surface area contributed by atoms with Crippen LogP contribution in [0.3, 0.4) is 0 Å². The van der Waals surface area contributed by atoms with Crippen LogP contribution in [0, 0.1) is 11.6 Å². The highest BCUT2D eigenvalue weighted by molar-refractivity contribution is 5.37. The second kappa shape index (κ2) is 5.95. The monoisotopic (exact) mass is 325 g/mol. The predicted octanol–water partition coefficient (Wildman–Crippen LogP) is -0.219. The summed E-state index contributed by atoms with van der Waals surface area (Å²) in [7, 11) is 0. The molecule has 1 aromatic rings. The van der Waals surface area contributed by atoms with Gasteiger partial charge in [0.2, 0.25) is 0 Å². The van der Waals surface area contributed by atoms with Crippen molar-refractivity contribution in [2.24, 2.45) is 0 Å². The van der Waals surface area contributed by atoms with Crippen LogP contribution in [-0.4, -0.2) is 54.4 Å². The van der Waals surface area contributed by atoms with E-state index in [1.165, 1.54) is 6.07 Å². The van der Waals surface area contributed by atoms with Gasteiger partial charge in [0.1, 0.15) is 5.82 Å². The Labute approximate surface area is 133 Å². The van der Waals surface area contributed by atoms with Crippen molar-refractivity contribution in [2.45, 2.75) is 30.7 Å². The van der Waals surface area contributed by atoms with Gasteiger partial charge in [0.05, 0.1) is 12.2 Å². The van der Waals surface area contributed by atoms with Gasteiger partial charge < -0.3 is 10.4 Å². The van der Waals surface area contributed by atoms with Crippen LogP contribution >= 0.6 is 0 Å². The largest absolute Gasteiger partial charge is 0.505 e. The molecule has 126 valence electrons. The number of hydrogen-bond donors (Lipinski definition) is 5. The first kappa shape index (κ1) is 15.2. The van der Waals surface area contributed by atoms with Gasteiger partial charge in [0.25, 0.3) is 0 Å². The molecule has 4 rings (SSSR count). The Morgan fingerprint density at radius 1 is 1.17 bits per heavy atom. The number of hydrogen-bond acceptors (Lipinski definition) is 6. The highest BCUT2D eigenvalue weighted by atomic mass is 19.1. The third-order valence-electron chi connectivity index (χ3n) is 5.10. The van der Waals surface area contributed by atoms with E-state index in [0.29, 0.717) is 18.5 Å². The van der Waals surface area contributed by atoms with Gasteiger partial charge in [0.15, 0.2) is 11.6 Å². The molecule has 4 atom stereocenters. The standard InChI is InChI=1S/C15H21F2N5O/c16-8-3-10(14(23)11(17)4-8)12-5-13-15(21-20-12)19-7-9-6-18-1-2-22(9)13/h3-4,9,12-13,15,18-21,23H,1-2,5-7H2/t9-,12?,13?,15?/m0/s1. The van der Waals surface area contributed by atoms with Crippen LogP contribution in [0.25, 0.3) is 0 Å². The average Bonchev–Trinajstić information content (AvgIpc) is 2.57. The molecule has 0 amide bonds. The molecule has 0 aliphatic carbocycles. The summed E-state index contributed by atoms with van der Waals surface area (Å²) >= 11 is 0. The number of fused-ring (bicyclic) bond motifs is 3. The topological polar surface area (TPSA) is 71.6 Å². The molecule has 8 heteroatoms. The lowest BCUT2D eigenvalue weighted by Gasteiger charge is -2.52.